The van der Waals surface area contributed by atoms with Crippen molar-refractivity contribution >= 4 is 17.5 Å². The molecule has 1 atom stereocenters. The van der Waals surface area contributed by atoms with Gasteiger partial charge >= 0.3 is 6.18 Å². The zero-order valence-electron chi connectivity index (χ0n) is 14.3. The van der Waals surface area contributed by atoms with Crippen LogP contribution in [0, 0.1) is 19.8 Å². The van der Waals surface area contributed by atoms with E-state index >= 15 is 0 Å². The second kappa shape index (κ2) is 6.51. The van der Waals surface area contributed by atoms with Gasteiger partial charge in [0.05, 0.1) is 11.5 Å². The molecule has 138 valence electrons. The maximum absolute atomic E-state index is 12.9. The van der Waals surface area contributed by atoms with Gasteiger partial charge in [-0.3, -0.25) is 19.7 Å². The van der Waals surface area contributed by atoms with Crippen LogP contribution in [0.1, 0.15) is 23.4 Å². The molecule has 1 aromatic heterocycles. The van der Waals surface area contributed by atoms with Gasteiger partial charge in [-0.1, -0.05) is 6.07 Å². The molecule has 1 N–H and O–H groups in total. The highest BCUT2D eigenvalue weighted by Gasteiger charge is 2.37. The molecule has 26 heavy (non-hydrogen) atoms. The molecule has 1 aliphatic rings. The van der Waals surface area contributed by atoms with E-state index < -0.39 is 17.7 Å². The molecule has 2 heterocycles. The van der Waals surface area contributed by atoms with Crippen LogP contribution in [0.4, 0.5) is 18.9 Å². The third kappa shape index (κ3) is 3.44. The van der Waals surface area contributed by atoms with Gasteiger partial charge in [0, 0.05) is 30.0 Å². The minimum Gasteiger partial charge on any atom is -0.312 e. The monoisotopic (exact) mass is 365 g/mol. The second-order valence-corrected chi connectivity index (χ2v) is 6.38. The van der Waals surface area contributed by atoms with E-state index in [0.717, 1.165) is 23.5 Å². The summed E-state index contributed by atoms with van der Waals surface area (Å²) in [5.74, 6) is -1.33. The summed E-state index contributed by atoms with van der Waals surface area (Å²) in [7, 11) is 0. The lowest BCUT2D eigenvalue weighted by atomic mass is 10.1. The number of nitrogens with one attached hydrogen (secondary N) is 1. The lowest BCUT2D eigenvalue weighted by Gasteiger charge is -2.19. The molecule has 0 radical (unpaired) electrons. The Hall–Kier alpha value is -2.77. The molecule has 5 nitrogen and oxygen atoms in total. The molecule has 1 aliphatic heterocycles. The highest BCUT2D eigenvalue weighted by molar-refractivity contribution is 6.01. The summed E-state index contributed by atoms with van der Waals surface area (Å²) in [5.41, 5.74) is 3.75. The first-order valence-corrected chi connectivity index (χ1v) is 8.10. The smallest absolute Gasteiger partial charge is 0.312 e. The number of anilines is 1. The average molecular weight is 365 g/mol. The molecule has 8 heteroatoms. The number of benzene rings is 1. The van der Waals surface area contributed by atoms with Gasteiger partial charge < -0.3 is 4.90 Å². The minimum absolute atomic E-state index is 0.0402. The number of carbonyl (C=O) groups excluding carboxylic acids is 2. The van der Waals surface area contributed by atoms with E-state index in [1.807, 2.05) is 26.0 Å². The number of rotatable bonds is 3. The summed E-state index contributed by atoms with van der Waals surface area (Å²) in [5, 5.41) is 0. The number of carbonyl (C=O) groups is 2. The highest BCUT2D eigenvalue weighted by Crippen LogP contribution is 2.33. The first-order chi connectivity index (χ1) is 12.2. The van der Waals surface area contributed by atoms with E-state index in [1.54, 1.807) is 4.68 Å². The summed E-state index contributed by atoms with van der Waals surface area (Å²) in [6.45, 7) is 3.72. The van der Waals surface area contributed by atoms with Crippen molar-refractivity contribution in [3.8, 4) is 0 Å². The van der Waals surface area contributed by atoms with Crippen molar-refractivity contribution in [1.29, 1.82) is 0 Å². The van der Waals surface area contributed by atoms with Crippen LogP contribution in [-0.2, 0) is 15.8 Å². The Bertz CT molecular complexity index is 838. The Morgan fingerprint density at radius 2 is 1.81 bits per heavy atom. The second-order valence-electron chi connectivity index (χ2n) is 6.38. The van der Waals surface area contributed by atoms with E-state index in [2.05, 4.69) is 5.43 Å². The fourth-order valence-corrected chi connectivity index (χ4v) is 3.03. The maximum atomic E-state index is 12.9. The van der Waals surface area contributed by atoms with Crippen molar-refractivity contribution < 1.29 is 22.8 Å². The van der Waals surface area contributed by atoms with Crippen LogP contribution in [0.2, 0.25) is 0 Å². The third-order valence-electron chi connectivity index (χ3n) is 4.47. The number of nitrogens with zero attached hydrogens (tertiary/aromatic N) is 2. The van der Waals surface area contributed by atoms with Gasteiger partial charge in [0.15, 0.2) is 0 Å². The molecule has 1 fully saturated rings. The van der Waals surface area contributed by atoms with Crippen molar-refractivity contribution in [2.24, 2.45) is 5.92 Å². The van der Waals surface area contributed by atoms with Crippen LogP contribution in [0.15, 0.2) is 36.4 Å². The topological polar surface area (TPSA) is 54.3 Å². The SMILES string of the molecule is Cc1ccc(C)n1NC(=O)C1CC(=O)N(c2cccc(C(F)(F)F)c2)C1. The fraction of sp³-hybridized carbons (Fsp3) is 0.333. The first-order valence-electron chi connectivity index (χ1n) is 8.10. The standard InChI is InChI=1S/C18H18F3N3O2/c1-11-6-7-12(2)24(11)22-17(26)13-8-16(25)23(10-13)15-5-3-4-14(9-15)18(19,20)21/h3-7,9,13H,8,10H2,1-2H3,(H,22,26). The summed E-state index contributed by atoms with van der Waals surface area (Å²) in [4.78, 5) is 26.0. The summed E-state index contributed by atoms with van der Waals surface area (Å²) >= 11 is 0. The van der Waals surface area contributed by atoms with Crippen molar-refractivity contribution in [2.75, 3.05) is 16.9 Å². The summed E-state index contributed by atoms with van der Waals surface area (Å²) in [6.07, 6.45) is -4.53. The zero-order chi connectivity index (χ0) is 19.1. The van der Waals surface area contributed by atoms with Crippen molar-refractivity contribution in [3.05, 3.63) is 53.3 Å². The van der Waals surface area contributed by atoms with Gasteiger partial charge in [0.1, 0.15) is 0 Å². The van der Waals surface area contributed by atoms with Gasteiger partial charge in [-0.05, 0) is 44.2 Å². The Morgan fingerprint density at radius 1 is 1.15 bits per heavy atom. The summed E-state index contributed by atoms with van der Waals surface area (Å²) < 4.78 is 40.2. The van der Waals surface area contributed by atoms with E-state index in [0.29, 0.717) is 0 Å². The van der Waals surface area contributed by atoms with Crippen LogP contribution < -0.4 is 10.3 Å². The van der Waals surface area contributed by atoms with Gasteiger partial charge in [-0.15, -0.1) is 0 Å². The number of alkyl halides is 3. The van der Waals surface area contributed by atoms with E-state index in [1.165, 1.54) is 17.0 Å². The van der Waals surface area contributed by atoms with E-state index in [9.17, 15) is 22.8 Å². The molecule has 0 aliphatic carbocycles. The Kier molecular flexibility index (Phi) is 4.52. The number of halogens is 3. The molecule has 2 aromatic rings. The predicted molar refractivity (Wildman–Crippen MR) is 90.2 cm³/mol. The van der Waals surface area contributed by atoms with Crippen LogP contribution in [0.25, 0.3) is 0 Å². The number of hydrogen-bond acceptors (Lipinski definition) is 2. The average Bonchev–Trinajstić information content (AvgIpc) is 3.11. The quantitative estimate of drug-likeness (QED) is 0.908. The Labute approximate surface area is 148 Å². The van der Waals surface area contributed by atoms with Crippen LogP contribution >= 0.6 is 0 Å². The lowest BCUT2D eigenvalue weighted by Crippen LogP contribution is -2.32. The van der Waals surface area contributed by atoms with Crippen molar-refractivity contribution in [2.45, 2.75) is 26.4 Å². The molecule has 1 saturated heterocycles. The predicted octanol–water partition coefficient (Wildman–Crippen LogP) is 3.25. The zero-order valence-corrected chi connectivity index (χ0v) is 14.3. The lowest BCUT2D eigenvalue weighted by molar-refractivity contribution is -0.137. The van der Waals surface area contributed by atoms with Crippen LogP contribution in [-0.4, -0.2) is 23.0 Å². The molecule has 0 spiro atoms. The Balaban J connectivity index is 1.76. The molecule has 0 bridgehead atoms. The molecule has 1 unspecified atom stereocenters. The molecule has 1 aromatic carbocycles. The normalized spacial score (nSPS) is 17.7. The first kappa shape index (κ1) is 18.0. The molecular weight excluding hydrogens is 347 g/mol. The van der Waals surface area contributed by atoms with Crippen LogP contribution in [0.3, 0.4) is 0 Å². The van der Waals surface area contributed by atoms with Gasteiger partial charge in [0.25, 0.3) is 0 Å². The molecular formula is C18H18F3N3O2. The Morgan fingerprint density at radius 3 is 2.42 bits per heavy atom. The van der Waals surface area contributed by atoms with Crippen molar-refractivity contribution in [1.82, 2.24) is 4.68 Å². The number of hydrogen-bond donors (Lipinski definition) is 1. The van der Waals surface area contributed by atoms with E-state index in [4.69, 9.17) is 0 Å². The van der Waals surface area contributed by atoms with E-state index in [-0.39, 0.29) is 30.5 Å². The van der Waals surface area contributed by atoms with Gasteiger partial charge in [-0.25, -0.2) is 0 Å². The number of aryl methyl sites for hydroxylation is 2. The number of aromatic nitrogens is 1. The van der Waals surface area contributed by atoms with Gasteiger partial charge in [0.2, 0.25) is 11.8 Å². The fourth-order valence-electron chi connectivity index (χ4n) is 3.03. The summed E-state index contributed by atoms with van der Waals surface area (Å²) in [6, 6.07) is 8.28. The van der Waals surface area contributed by atoms with Crippen molar-refractivity contribution in [3.63, 3.8) is 0 Å². The number of amides is 2. The third-order valence-corrected chi connectivity index (χ3v) is 4.47. The highest BCUT2D eigenvalue weighted by atomic mass is 19.4. The van der Waals surface area contributed by atoms with Crippen LogP contribution in [0.5, 0.6) is 0 Å². The van der Waals surface area contributed by atoms with Gasteiger partial charge in [-0.2, -0.15) is 13.2 Å². The molecule has 3 rings (SSSR count). The largest absolute Gasteiger partial charge is 0.416 e. The maximum Gasteiger partial charge on any atom is 0.416 e. The molecule has 0 saturated carbocycles. The minimum atomic E-state index is -4.49. The molecule has 2 amide bonds.